The maximum Gasteiger partial charge on any atom is 0.247 e. The van der Waals surface area contributed by atoms with Crippen molar-refractivity contribution in [3.05, 3.63) is 53.6 Å². The second-order valence-electron chi connectivity index (χ2n) is 10.2. The molecule has 0 radical (unpaired) electrons. The predicted molar refractivity (Wildman–Crippen MR) is 151 cm³/mol. The molecule has 3 atom stereocenters. The largest absolute Gasteiger partial charge is 0.493 e. The van der Waals surface area contributed by atoms with Crippen LogP contribution in [0.5, 0.6) is 17.2 Å². The second kappa shape index (κ2) is 12.1. The Hall–Kier alpha value is -3.19. The molecule has 4 rings (SSSR count). The number of aliphatic hydroxyl groups is 1. The molecular weight excluding hydrogens is 480 g/mol. The molecule has 0 unspecified atom stereocenters. The van der Waals surface area contributed by atoms with Crippen molar-refractivity contribution in [1.29, 1.82) is 0 Å². The van der Waals surface area contributed by atoms with Crippen molar-refractivity contribution in [2.24, 2.45) is 5.92 Å². The van der Waals surface area contributed by atoms with Gasteiger partial charge in [-0.2, -0.15) is 0 Å². The van der Waals surface area contributed by atoms with Gasteiger partial charge in [0.15, 0.2) is 11.5 Å². The smallest absolute Gasteiger partial charge is 0.247 e. The molecule has 1 heterocycles. The van der Waals surface area contributed by atoms with Crippen LogP contribution in [0.1, 0.15) is 63.1 Å². The van der Waals surface area contributed by atoms with Crippen LogP contribution in [-0.2, 0) is 4.79 Å². The van der Waals surface area contributed by atoms with Crippen molar-refractivity contribution in [3.63, 3.8) is 0 Å². The Morgan fingerprint density at radius 2 is 1.68 bits per heavy atom. The van der Waals surface area contributed by atoms with Crippen molar-refractivity contribution in [3.8, 4) is 17.2 Å². The van der Waals surface area contributed by atoms with Crippen LogP contribution in [0.3, 0.4) is 0 Å². The highest BCUT2D eigenvalue weighted by Gasteiger charge is 2.49. The van der Waals surface area contributed by atoms with E-state index in [0.29, 0.717) is 30.2 Å². The first-order valence-corrected chi connectivity index (χ1v) is 13.7. The van der Waals surface area contributed by atoms with Gasteiger partial charge >= 0.3 is 0 Å². The third kappa shape index (κ3) is 5.48. The Labute approximate surface area is 227 Å². The van der Waals surface area contributed by atoms with Crippen molar-refractivity contribution in [1.82, 2.24) is 4.90 Å². The third-order valence-electron chi connectivity index (χ3n) is 8.32. The number of rotatable bonds is 9. The second-order valence-corrected chi connectivity index (χ2v) is 10.2. The van der Waals surface area contributed by atoms with E-state index in [1.165, 1.54) is 5.69 Å². The molecule has 2 aliphatic rings. The fourth-order valence-corrected chi connectivity index (χ4v) is 6.27. The van der Waals surface area contributed by atoms with Gasteiger partial charge in [0.2, 0.25) is 11.7 Å². The van der Waals surface area contributed by atoms with Crippen molar-refractivity contribution < 1.29 is 24.1 Å². The van der Waals surface area contributed by atoms with Gasteiger partial charge in [-0.1, -0.05) is 25.0 Å². The molecule has 38 heavy (non-hydrogen) atoms. The number of methoxy groups -OCH3 is 3. The Balaban J connectivity index is 1.65. The number of fused-ring (bicyclic) bond motifs is 1. The van der Waals surface area contributed by atoms with Crippen LogP contribution in [0.15, 0.2) is 42.5 Å². The number of benzene rings is 2. The molecule has 7 nitrogen and oxygen atoms in total. The maximum absolute atomic E-state index is 13.7. The molecule has 2 aromatic carbocycles. The standard InChI is InChI=1S/C31H42N2O5/c1-6-32(7-2)24-14-12-23(13-15-24)29-25-10-8-9-17-31(25,35)18-19-33(29)28(34)16-11-22-20-26(36-3)30(38-5)27(21-22)37-4/h11-16,20-21,25,29,35H,6-10,17-19H2,1-5H3/b16-11+/t25-,29+,31+/m0/s1. The number of ether oxygens (including phenoxy) is 3. The van der Waals surface area contributed by atoms with Gasteiger partial charge < -0.3 is 29.1 Å². The van der Waals surface area contributed by atoms with Crippen LogP contribution in [-0.4, -0.2) is 62.5 Å². The summed E-state index contributed by atoms with van der Waals surface area (Å²) in [5.41, 5.74) is 2.31. The van der Waals surface area contributed by atoms with Crippen LogP contribution in [0.4, 0.5) is 5.69 Å². The fraction of sp³-hybridized carbons (Fsp3) is 0.516. The van der Waals surface area contributed by atoms with Crippen LogP contribution in [0.25, 0.3) is 6.08 Å². The summed E-state index contributed by atoms with van der Waals surface area (Å²) >= 11 is 0. The summed E-state index contributed by atoms with van der Waals surface area (Å²) in [6.07, 6.45) is 7.84. The first-order chi connectivity index (χ1) is 18.4. The molecule has 1 aliphatic carbocycles. The number of hydrogen-bond acceptors (Lipinski definition) is 6. The minimum Gasteiger partial charge on any atom is -0.493 e. The van der Waals surface area contributed by atoms with Crippen LogP contribution >= 0.6 is 0 Å². The van der Waals surface area contributed by atoms with E-state index in [1.54, 1.807) is 33.5 Å². The predicted octanol–water partition coefficient (Wildman–Crippen LogP) is 5.47. The van der Waals surface area contributed by atoms with E-state index in [4.69, 9.17) is 14.2 Å². The van der Waals surface area contributed by atoms with E-state index >= 15 is 0 Å². The van der Waals surface area contributed by atoms with Gasteiger partial charge in [-0.15, -0.1) is 0 Å². The molecule has 1 amide bonds. The highest BCUT2D eigenvalue weighted by molar-refractivity contribution is 5.92. The quantitative estimate of drug-likeness (QED) is 0.441. The molecule has 1 saturated heterocycles. The first kappa shape index (κ1) is 27.8. The lowest BCUT2D eigenvalue weighted by Crippen LogP contribution is -2.56. The van der Waals surface area contributed by atoms with E-state index in [2.05, 4.69) is 43.0 Å². The number of anilines is 1. The number of carbonyl (C=O) groups is 1. The first-order valence-electron chi connectivity index (χ1n) is 13.7. The van der Waals surface area contributed by atoms with Gasteiger partial charge in [-0.05, 0) is 74.6 Å². The highest BCUT2D eigenvalue weighted by Crippen LogP contribution is 2.49. The summed E-state index contributed by atoms with van der Waals surface area (Å²) in [5, 5.41) is 11.6. The molecule has 7 heteroatoms. The van der Waals surface area contributed by atoms with Crippen LogP contribution < -0.4 is 19.1 Å². The Kier molecular flexibility index (Phi) is 8.87. The van der Waals surface area contributed by atoms with Gasteiger partial charge in [-0.3, -0.25) is 4.79 Å². The van der Waals surface area contributed by atoms with Crippen LogP contribution in [0.2, 0.25) is 0 Å². The van der Waals surface area contributed by atoms with Crippen LogP contribution in [0, 0.1) is 5.92 Å². The van der Waals surface area contributed by atoms with E-state index < -0.39 is 5.60 Å². The Morgan fingerprint density at radius 1 is 1.03 bits per heavy atom. The summed E-state index contributed by atoms with van der Waals surface area (Å²) in [6.45, 7) is 6.71. The molecule has 0 bridgehead atoms. The zero-order chi connectivity index (χ0) is 27.3. The minimum absolute atomic E-state index is 0.0165. The number of piperidine rings is 1. The lowest BCUT2D eigenvalue weighted by atomic mass is 9.66. The van der Waals surface area contributed by atoms with E-state index in [0.717, 1.165) is 49.9 Å². The van der Waals surface area contributed by atoms with Crippen molar-refractivity contribution in [2.45, 2.75) is 57.6 Å². The SMILES string of the molecule is CCN(CC)c1ccc([C@@H]2[C@@H]3CCCC[C@@]3(O)CCN2C(=O)/C=C/c2cc(OC)c(OC)c(OC)c2)cc1. The van der Waals surface area contributed by atoms with Gasteiger partial charge in [0.1, 0.15) is 0 Å². The average molecular weight is 523 g/mol. The number of nitrogens with zero attached hydrogens (tertiary/aromatic N) is 2. The van der Waals surface area contributed by atoms with Gasteiger partial charge in [0, 0.05) is 37.3 Å². The molecular formula is C31H42N2O5. The summed E-state index contributed by atoms with van der Waals surface area (Å²) in [6, 6.07) is 12.1. The van der Waals surface area contributed by atoms with Crippen molar-refractivity contribution >= 4 is 17.7 Å². The molecule has 0 spiro atoms. The third-order valence-corrected chi connectivity index (χ3v) is 8.32. The van der Waals surface area contributed by atoms with E-state index in [-0.39, 0.29) is 17.9 Å². The number of amides is 1. The number of likely N-dealkylation sites (tertiary alicyclic amines) is 1. The maximum atomic E-state index is 13.7. The summed E-state index contributed by atoms with van der Waals surface area (Å²) in [7, 11) is 4.72. The zero-order valence-electron chi connectivity index (χ0n) is 23.4. The Bertz CT molecular complexity index is 1100. The topological polar surface area (TPSA) is 71.5 Å². The van der Waals surface area contributed by atoms with Crippen molar-refractivity contribution in [2.75, 3.05) is 45.9 Å². The average Bonchev–Trinajstić information content (AvgIpc) is 2.95. The fourth-order valence-electron chi connectivity index (χ4n) is 6.27. The Morgan fingerprint density at radius 3 is 2.26 bits per heavy atom. The van der Waals surface area contributed by atoms with E-state index in [9.17, 15) is 9.90 Å². The minimum atomic E-state index is -0.725. The number of carbonyl (C=O) groups excluding carboxylic acids is 1. The lowest BCUT2D eigenvalue weighted by Gasteiger charge is -2.52. The molecule has 2 aromatic rings. The molecule has 1 saturated carbocycles. The number of hydrogen-bond donors (Lipinski definition) is 1. The zero-order valence-corrected chi connectivity index (χ0v) is 23.4. The lowest BCUT2D eigenvalue weighted by molar-refractivity contribution is -0.150. The van der Waals surface area contributed by atoms with Gasteiger partial charge in [0.25, 0.3) is 0 Å². The monoisotopic (exact) mass is 522 g/mol. The molecule has 1 N–H and O–H groups in total. The van der Waals surface area contributed by atoms with E-state index in [1.807, 2.05) is 17.0 Å². The van der Waals surface area contributed by atoms with Gasteiger partial charge in [0.05, 0.1) is 33.0 Å². The molecule has 2 fully saturated rings. The molecule has 1 aliphatic heterocycles. The van der Waals surface area contributed by atoms with Gasteiger partial charge in [-0.25, -0.2) is 0 Å². The molecule has 206 valence electrons. The summed E-state index contributed by atoms with van der Waals surface area (Å²) < 4.78 is 16.3. The molecule has 0 aromatic heterocycles. The highest BCUT2D eigenvalue weighted by atomic mass is 16.5. The summed E-state index contributed by atoms with van der Waals surface area (Å²) in [5.74, 6) is 1.54. The summed E-state index contributed by atoms with van der Waals surface area (Å²) in [4.78, 5) is 18.0. The normalized spacial score (nSPS) is 23.2.